The van der Waals surface area contributed by atoms with Gasteiger partial charge in [-0.05, 0) is 39.7 Å². The van der Waals surface area contributed by atoms with Gasteiger partial charge in [0.1, 0.15) is 0 Å². The van der Waals surface area contributed by atoms with Crippen LogP contribution in [0.4, 0.5) is 0 Å². The van der Waals surface area contributed by atoms with Crippen LogP contribution in [0.15, 0.2) is 0 Å². The van der Waals surface area contributed by atoms with E-state index in [9.17, 15) is 4.79 Å². The van der Waals surface area contributed by atoms with E-state index in [-0.39, 0.29) is 17.5 Å². The van der Waals surface area contributed by atoms with Crippen LogP contribution in [0.1, 0.15) is 65.7 Å². The first-order valence-corrected chi connectivity index (χ1v) is 8.28. The van der Waals surface area contributed by atoms with Gasteiger partial charge in [-0.2, -0.15) is 0 Å². The van der Waals surface area contributed by atoms with E-state index in [1.165, 1.54) is 25.7 Å². The normalized spacial score (nSPS) is 19.1. The summed E-state index contributed by atoms with van der Waals surface area (Å²) in [6.07, 6.45) is 8.43. The number of amides is 1. The Bertz CT molecular complexity index is 283. The molecule has 0 aromatic rings. The zero-order chi connectivity index (χ0) is 15.0. The van der Waals surface area contributed by atoms with Gasteiger partial charge in [-0.3, -0.25) is 9.69 Å². The third kappa shape index (κ3) is 5.06. The van der Waals surface area contributed by atoms with E-state index >= 15 is 0 Å². The van der Waals surface area contributed by atoms with E-state index in [0.29, 0.717) is 13.1 Å². The molecule has 1 saturated carbocycles. The molecule has 0 unspecified atom stereocenters. The summed E-state index contributed by atoms with van der Waals surface area (Å²) in [5, 5.41) is 3.01. The number of carbonyl (C=O) groups is 1. The van der Waals surface area contributed by atoms with E-state index in [1.807, 2.05) is 13.8 Å². The van der Waals surface area contributed by atoms with Crippen molar-refractivity contribution >= 4 is 5.91 Å². The lowest BCUT2D eigenvalue weighted by molar-refractivity contribution is -0.124. The number of hydrogen-bond donors (Lipinski definition) is 2. The third-order valence-electron chi connectivity index (χ3n) is 4.36. The monoisotopic (exact) mass is 283 g/mol. The molecule has 118 valence electrons. The van der Waals surface area contributed by atoms with E-state index < -0.39 is 0 Å². The lowest BCUT2D eigenvalue weighted by Crippen LogP contribution is -2.57. The molecule has 20 heavy (non-hydrogen) atoms. The first-order valence-electron chi connectivity index (χ1n) is 8.28. The summed E-state index contributed by atoms with van der Waals surface area (Å²) < 4.78 is 0. The standard InChI is InChI=1S/C16H33N3O/c1-4-11-19(12-15(20)18-14(2)3)16(13-17)9-7-5-6-8-10-16/h14H,4-13,17H2,1-3H3,(H,18,20). The van der Waals surface area contributed by atoms with Gasteiger partial charge in [0, 0.05) is 18.1 Å². The number of rotatable bonds is 7. The van der Waals surface area contributed by atoms with Crippen molar-refractivity contribution in [3.05, 3.63) is 0 Å². The van der Waals surface area contributed by atoms with Crippen LogP contribution < -0.4 is 11.1 Å². The minimum Gasteiger partial charge on any atom is -0.353 e. The van der Waals surface area contributed by atoms with Gasteiger partial charge in [-0.25, -0.2) is 0 Å². The Morgan fingerprint density at radius 3 is 2.30 bits per heavy atom. The summed E-state index contributed by atoms with van der Waals surface area (Å²) in [6, 6.07) is 0.203. The Morgan fingerprint density at radius 1 is 1.25 bits per heavy atom. The zero-order valence-corrected chi connectivity index (χ0v) is 13.6. The minimum absolute atomic E-state index is 0.0425. The van der Waals surface area contributed by atoms with Gasteiger partial charge in [-0.1, -0.05) is 32.6 Å². The first kappa shape index (κ1) is 17.4. The van der Waals surface area contributed by atoms with Crippen LogP contribution >= 0.6 is 0 Å². The molecule has 1 aliphatic rings. The van der Waals surface area contributed by atoms with Crippen molar-refractivity contribution in [3.8, 4) is 0 Å². The van der Waals surface area contributed by atoms with Crippen molar-refractivity contribution < 1.29 is 4.79 Å². The maximum atomic E-state index is 12.1. The van der Waals surface area contributed by atoms with Gasteiger partial charge < -0.3 is 11.1 Å². The fraction of sp³-hybridized carbons (Fsp3) is 0.938. The van der Waals surface area contributed by atoms with Crippen molar-refractivity contribution in [3.63, 3.8) is 0 Å². The Balaban J connectivity index is 2.76. The number of nitrogens with one attached hydrogen (secondary N) is 1. The maximum absolute atomic E-state index is 12.1. The van der Waals surface area contributed by atoms with Crippen LogP contribution in [0.3, 0.4) is 0 Å². The predicted octanol–water partition coefficient (Wildman–Crippen LogP) is 2.27. The molecular weight excluding hydrogens is 250 g/mol. The molecule has 1 rings (SSSR count). The van der Waals surface area contributed by atoms with E-state index in [0.717, 1.165) is 25.8 Å². The molecular formula is C16H33N3O. The van der Waals surface area contributed by atoms with E-state index in [4.69, 9.17) is 5.73 Å². The molecule has 0 heterocycles. The average Bonchev–Trinajstić information content (AvgIpc) is 2.63. The quantitative estimate of drug-likeness (QED) is 0.705. The lowest BCUT2D eigenvalue weighted by Gasteiger charge is -2.43. The molecule has 0 aromatic heterocycles. The van der Waals surface area contributed by atoms with E-state index in [2.05, 4.69) is 17.1 Å². The van der Waals surface area contributed by atoms with E-state index in [1.54, 1.807) is 0 Å². The summed E-state index contributed by atoms with van der Waals surface area (Å²) in [7, 11) is 0. The topological polar surface area (TPSA) is 58.4 Å². The average molecular weight is 283 g/mol. The minimum atomic E-state index is 0.0425. The summed E-state index contributed by atoms with van der Waals surface area (Å²) in [4.78, 5) is 14.5. The molecule has 1 amide bonds. The second-order valence-corrected chi connectivity index (χ2v) is 6.49. The fourth-order valence-electron chi connectivity index (χ4n) is 3.33. The molecule has 1 fully saturated rings. The van der Waals surface area contributed by atoms with Crippen molar-refractivity contribution in [1.29, 1.82) is 0 Å². The number of hydrogen-bond acceptors (Lipinski definition) is 3. The van der Waals surface area contributed by atoms with Gasteiger partial charge in [0.15, 0.2) is 0 Å². The van der Waals surface area contributed by atoms with Gasteiger partial charge in [0.25, 0.3) is 0 Å². The van der Waals surface area contributed by atoms with Crippen LogP contribution in [-0.4, -0.2) is 42.0 Å². The summed E-state index contributed by atoms with van der Waals surface area (Å²) in [6.45, 7) is 8.31. The van der Waals surface area contributed by atoms with Gasteiger partial charge >= 0.3 is 0 Å². The molecule has 0 radical (unpaired) electrons. The smallest absolute Gasteiger partial charge is 0.234 e. The van der Waals surface area contributed by atoms with Crippen LogP contribution in [0.5, 0.6) is 0 Å². The fourth-order valence-corrected chi connectivity index (χ4v) is 3.33. The van der Waals surface area contributed by atoms with Crippen molar-refractivity contribution in [2.75, 3.05) is 19.6 Å². The maximum Gasteiger partial charge on any atom is 0.234 e. The molecule has 3 N–H and O–H groups in total. The SMILES string of the molecule is CCCN(CC(=O)NC(C)C)C1(CN)CCCCCC1. The molecule has 4 nitrogen and oxygen atoms in total. The van der Waals surface area contributed by atoms with Crippen LogP contribution in [-0.2, 0) is 4.79 Å². The highest BCUT2D eigenvalue weighted by atomic mass is 16.2. The molecule has 0 aliphatic heterocycles. The number of nitrogens with zero attached hydrogens (tertiary/aromatic N) is 1. The molecule has 4 heteroatoms. The third-order valence-corrected chi connectivity index (χ3v) is 4.36. The van der Waals surface area contributed by atoms with Crippen LogP contribution in [0.25, 0.3) is 0 Å². The second-order valence-electron chi connectivity index (χ2n) is 6.49. The largest absolute Gasteiger partial charge is 0.353 e. The highest BCUT2D eigenvalue weighted by molar-refractivity contribution is 5.78. The summed E-state index contributed by atoms with van der Waals surface area (Å²) in [5.41, 5.74) is 6.18. The van der Waals surface area contributed by atoms with Crippen LogP contribution in [0, 0.1) is 0 Å². The lowest BCUT2D eigenvalue weighted by atomic mass is 9.87. The first-order chi connectivity index (χ1) is 9.54. The molecule has 0 bridgehead atoms. The number of carbonyl (C=O) groups excluding carboxylic acids is 1. The van der Waals surface area contributed by atoms with Crippen LogP contribution in [0.2, 0.25) is 0 Å². The molecule has 0 spiro atoms. The predicted molar refractivity (Wildman–Crippen MR) is 84.6 cm³/mol. The molecule has 0 saturated heterocycles. The highest BCUT2D eigenvalue weighted by Gasteiger charge is 2.36. The molecule has 0 atom stereocenters. The molecule has 0 aromatic carbocycles. The van der Waals surface area contributed by atoms with Crippen molar-refractivity contribution in [2.45, 2.75) is 77.3 Å². The highest BCUT2D eigenvalue weighted by Crippen LogP contribution is 2.32. The van der Waals surface area contributed by atoms with Gasteiger partial charge in [-0.15, -0.1) is 0 Å². The molecule has 1 aliphatic carbocycles. The Hall–Kier alpha value is -0.610. The zero-order valence-electron chi connectivity index (χ0n) is 13.6. The summed E-state index contributed by atoms with van der Waals surface area (Å²) in [5.74, 6) is 0.130. The summed E-state index contributed by atoms with van der Waals surface area (Å²) >= 11 is 0. The van der Waals surface area contributed by atoms with Gasteiger partial charge in [0.05, 0.1) is 6.54 Å². The Kier molecular flexibility index (Phi) is 7.52. The van der Waals surface area contributed by atoms with Crippen molar-refractivity contribution in [2.24, 2.45) is 5.73 Å². The van der Waals surface area contributed by atoms with Crippen molar-refractivity contribution in [1.82, 2.24) is 10.2 Å². The Morgan fingerprint density at radius 2 is 1.85 bits per heavy atom. The second kappa shape index (κ2) is 8.63. The Labute approximate surface area is 124 Å². The van der Waals surface area contributed by atoms with Gasteiger partial charge in [0.2, 0.25) is 5.91 Å². The number of nitrogens with two attached hydrogens (primary N) is 1.